The largest absolute Gasteiger partial charge is 0.356 e. The van der Waals surface area contributed by atoms with Gasteiger partial charge in [-0.15, -0.1) is 0 Å². The lowest BCUT2D eigenvalue weighted by Gasteiger charge is -2.12. The van der Waals surface area contributed by atoms with Crippen LogP contribution in [0.4, 0.5) is 17.1 Å². The number of allylic oxidation sites excluding steroid dienone is 3. The van der Waals surface area contributed by atoms with E-state index in [0.29, 0.717) is 0 Å². The van der Waals surface area contributed by atoms with Crippen LogP contribution >= 0.6 is 0 Å². The monoisotopic (exact) mass is 312 g/mol. The number of fused-ring (bicyclic) bond motifs is 1. The van der Waals surface area contributed by atoms with Crippen LogP contribution in [0.1, 0.15) is 12.8 Å². The Balaban J connectivity index is 1.56. The first-order valence-corrected chi connectivity index (χ1v) is 8.36. The fraction of sp³-hybridized carbons (Fsp3) is 0.0909. The molecular weight excluding hydrogens is 292 g/mol. The zero-order valence-electron chi connectivity index (χ0n) is 13.5. The van der Waals surface area contributed by atoms with Crippen LogP contribution in [0.3, 0.4) is 0 Å². The molecule has 118 valence electrons. The number of hydrogen-bond donors (Lipinski definition) is 2. The van der Waals surface area contributed by atoms with E-state index in [0.717, 1.165) is 29.9 Å². The molecule has 0 amide bonds. The summed E-state index contributed by atoms with van der Waals surface area (Å²) >= 11 is 0. The molecule has 0 spiro atoms. The molecule has 2 N–H and O–H groups in total. The third kappa shape index (κ3) is 3.33. The van der Waals surface area contributed by atoms with E-state index in [-0.39, 0.29) is 0 Å². The van der Waals surface area contributed by atoms with Crippen molar-refractivity contribution in [2.24, 2.45) is 0 Å². The molecule has 2 heteroatoms. The molecule has 4 rings (SSSR count). The molecule has 3 aromatic carbocycles. The Labute approximate surface area is 142 Å². The van der Waals surface area contributed by atoms with Crippen LogP contribution in [0, 0.1) is 0 Å². The standard InChI is InChI=1S/C22H20N2/c1-3-7-19(8-4-1)23-21-13-11-18-16-22(14-12-17(18)15-21)24-20-9-5-2-6-10-20/h1,3-5,7-16,23-24H,2,6H2. The lowest BCUT2D eigenvalue weighted by atomic mass is 10.1. The third-order valence-electron chi connectivity index (χ3n) is 4.19. The number of anilines is 3. The molecule has 0 radical (unpaired) electrons. The average Bonchev–Trinajstić information content (AvgIpc) is 2.64. The first kappa shape index (κ1) is 14.6. The Kier molecular flexibility index (Phi) is 4.03. The first-order valence-electron chi connectivity index (χ1n) is 8.36. The van der Waals surface area contributed by atoms with Crippen molar-refractivity contribution < 1.29 is 0 Å². The van der Waals surface area contributed by atoms with Crippen LogP contribution in [-0.4, -0.2) is 0 Å². The predicted molar refractivity (Wildman–Crippen MR) is 104 cm³/mol. The van der Waals surface area contributed by atoms with Crippen molar-refractivity contribution in [1.29, 1.82) is 0 Å². The molecule has 2 nitrogen and oxygen atoms in total. The maximum Gasteiger partial charge on any atom is 0.0390 e. The highest BCUT2D eigenvalue weighted by Crippen LogP contribution is 2.26. The van der Waals surface area contributed by atoms with Crippen LogP contribution in [0.25, 0.3) is 10.8 Å². The van der Waals surface area contributed by atoms with Gasteiger partial charge in [0, 0.05) is 22.8 Å². The van der Waals surface area contributed by atoms with Crippen molar-refractivity contribution in [1.82, 2.24) is 0 Å². The summed E-state index contributed by atoms with van der Waals surface area (Å²) in [5.41, 5.74) is 4.52. The van der Waals surface area contributed by atoms with Crippen molar-refractivity contribution in [2.75, 3.05) is 10.6 Å². The van der Waals surface area contributed by atoms with E-state index < -0.39 is 0 Å². The smallest absolute Gasteiger partial charge is 0.0390 e. The van der Waals surface area contributed by atoms with Crippen LogP contribution < -0.4 is 10.6 Å². The second kappa shape index (κ2) is 6.63. The summed E-state index contributed by atoms with van der Waals surface area (Å²) in [5, 5.41) is 9.39. The second-order valence-electron chi connectivity index (χ2n) is 6.03. The van der Waals surface area contributed by atoms with Crippen LogP contribution in [0.15, 0.2) is 90.7 Å². The number of hydrogen-bond acceptors (Lipinski definition) is 2. The Hall–Kier alpha value is -3.00. The molecule has 0 aliphatic heterocycles. The molecule has 1 aliphatic rings. The SMILES string of the molecule is C1=CC(Nc2ccc3cc(Nc4ccccc4)ccc3c2)=CCC1. The topological polar surface area (TPSA) is 24.1 Å². The summed E-state index contributed by atoms with van der Waals surface area (Å²) in [5.74, 6) is 0. The fourth-order valence-corrected chi connectivity index (χ4v) is 2.96. The van der Waals surface area contributed by atoms with Gasteiger partial charge in [0.1, 0.15) is 0 Å². The van der Waals surface area contributed by atoms with Gasteiger partial charge >= 0.3 is 0 Å². The maximum absolute atomic E-state index is 3.49. The number of nitrogens with one attached hydrogen (secondary N) is 2. The molecule has 0 bridgehead atoms. The summed E-state index contributed by atoms with van der Waals surface area (Å²) in [6.07, 6.45) is 8.86. The quantitative estimate of drug-likeness (QED) is 0.596. The van der Waals surface area contributed by atoms with E-state index in [1.54, 1.807) is 0 Å². The van der Waals surface area contributed by atoms with E-state index in [4.69, 9.17) is 0 Å². The summed E-state index contributed by atoms with van der Waals surface area (Å²) in [6, 6.07) is 23.2. The van der Waals surface area contributed by atoms with E-state index in [2.05, 4.69) is 77.4 Å². The van der Waals surface area contributed by atoms with Gasteiger partial charge in [-0.05, 0) is 66.1 Å². The Morgan fingerprint density at radius 2 is 1.33 bits per heavy atom. The van der Waals surface area contributed by atoms with E-state index in [9.17, 15) is 0 Å². The lowest BCUT2D eigenvalue weighted by Crippen LogP contribution is -1.99. The molecule has 0 aromatic heterocycles. The second-order valence-corrected chi connectivity index (χ2v) is 6.03. The fourth-order valence-electron chi connectivity index (χ4n) is 2.96. The van der Waals surface area contributed by atoms with Crippen molar-refractivity contribution in [3.63, 3.8) is 0 Å². The Bertz CT molecular complexity index is 908. The third-order valence-corrected chi connectivity index (χ3v) is 4.19. The minimum Gasteiger partial charge on any atom is -0.356 e. The summed E-state index contributed by atoms with van der Waals surface area (Å²) in [7, 11) is 0. The van der Waals surface area contributed by atoms with E-state index in [1.807, 2.05) is 18.2 Å². The van der Waals surface area contributed by atoms with Crippen molar-refractivity contribution >= 4 is 27.8 Å². The van der Waals surface area contributed by atoms with Gasteiger partial charge in [0.2, 0.25) is 0 Å². The van der Waals surface area contributed by atoms with Gasteiger partial charge in [-0.25, -0.2) is 0 Å². The van der Waals surface area contributed by atoms with Crippen LogP contribution in [0.5, 0.6) is 0 Å². The molecule has 0 unspecified atom stereocenters. The van der Waals surface area contributed by atoms with Gasteiger partial charge in [-0.3, -0.25) is 0 Å². The van der Waals surface area contributed by atoms with E-state index >= 15 is 0 Å². The number of benzene rings is 3. The minimum atomic E-state index is 1.10. The molecule has 1 aliphatic carbocycles. The van der Waals surface area contributed by atoms with Gasteiger partial charge in [-0.1, -0.05) is 42.5 Å². The van der Waals surface area contributed by atoms with Gasteiger partial charge in [0.25, 0.3) is 0 Å². The lowest BCUT2D eigenvalue weighted by molar-refractivity contribution is 1.02. The molecule has 0 saturated heterocycles. The highest BCUT2D eigenvalue weighted by atomic mass is 14.9. The molecule has 3 aromatic rings. The number of para-hydroxylation sites is 1. The summed E-state index contributed by atoms with van der Waals surface area (Å²) in [6.45, 7) is 0. The van der Waals surface area contributed by atoms with E-state index in [1.165, 1.54) is 16.5 Å². The first-order chi connectivity index (χ1) is 11.9. The van der Waals surface area contributed by atoms with Crippen molar-refractivity contribution in [3.8, 4) is 0 Å². The molecule has 0 heterocycles. The van der Waals surface area contributed by atoms with Crippen LogP contribution in [-0.2, 0) is 0 Å². The summed E-state index contributed by atoms with van der Waals surface area (Å²) < 4.78 is 0. The molecule has 0 fully saturated rings. The maximum atomic E-state index is 3.49. The Morgan fingerprint density at radius 1 is 0.625 bits per heavy atom. The van der Waals surface area contributed by atoms with Gasteiger partial charge in [0.05, 0.1) is 0 Å². The van der Waals surface area contributed by atoms with Gasteiger partial charge < -0.3 is 10.6 Å². The van der Waals surface area contributed by atoms with Gasteiger partial charge in [0.15, 0.2) is 0 Å². The predicted octanol–water partition coefficient (Wildman–Crippen LogP) is 6.23. The minimum absolute atomic E-state index is 1.10. The van der Waals surface area contributed by atoms with Crippen LogP contribution in [0.2, 0.25) is 0 Å². The van der Waals surface area contributed by atoms with Gasteiger partial charge in [-0.2, -0.15) is 0 Å². The highest BCUT2D eigenvalue weighted by Gasteiger charge is 2.02. The number of rotatable bonds is 4. The van der Waals surface area contributed by atoms with Crippen molar-refractivity contribution in [2.45, 2.75) is 12.8 Å². The zero-order chi connectivity index (χ0) is 16.2. The highest BCUT2D eigenvalue weighted by molar-refractivity contribution is 5.89. The zero-order valence-corrected chi connectivity index (χ0v) is 13.5. The summed E-state index contributed by atoms with van der Waals surface area (Å²) in [4.78, 5) is 0. The Morgan fingerprint density at radius 3 is 2.00 bits per heavy atom. The normalized spacial score (nSPS) is 13.6. The van der Waals surface area contributed by atoms with Crippen molar-refractivity contribution in [3.05, 3.63) is 90.7 Å². The molecule has 0 atom stereocenters. The average molecular weight is 312 g/mol. The molecule has 0 saturated carbocycles. The molecule has 24 heavy (non-hydrogen) atoms. The molecular formula is C22H20N2.